The Kier molecular flexibility index (Phi) is 5.48. The molecule has 1 spiro atoms. The first-order chi connectivity index (χ1) is 14.2. The standard InChI is InChI=1S/C20H28N5O4/c21-26-17-9-13-5-2-1-3-7-25(15(13)11-19(17)28-23)8-4-6-14-10-18(27-22)20(29-24)12-16(14)25/h9-12H,1-8,21-24H2/q+1. The normalized spacial score (nSPS) is 20.8. The molecule has 1 atom stereocenters. The molecular weight excluding hydrogens is 374 g/mol. The fourth-order valence-electron chi connectivity index (χ4n) is 4.89. The largest absolute Gasteiger partial charge is 0.407 e. The summed E-state index contributed by atoms with van der Waals surface area (Å²) in [6, 6.07) is 7.76. The maximum Gasteiger partial charge on any atom is 0.197 e. The van der Waals surface area contributed by atoms with Crippen LogP contribution in [0.1, 0.15) is 36.8 Å². The number of rotatable bonds is 4. The third kappa shape index (κ3) is 3.26. The Balaban J connectivity index is 1.98. The first-order valence-electron chi connectivity index (χ1n) is 9.86. The van der Waals surface area contributed by atoms with Gasteiger partial charge in [0.25, 0.3) is 0 Å². The van der Waals surface area contributed by atoms with E-state index >= 15 is 0 Å². The summed E-state index contributed by atoms with van der Waals surface area (Å²) in [5.41, 5.74) is 4.60. The van der Waals surface area contributed by atoms with Gasteiger partial charge in [-0.05, 0) is 44.2 Å². The Morgan fingerprint density at radius 3 is 1.52 bits per heavy atom. The fourth-order valence-corrected chi connectivity index (χ4v) is 4.89. The van der Waals surface area contributed by atoms with Crippen LogP contribution in [-0.4, -0.2) is 13.1 Å². The van der Waals surface area contributed by atoms with Gasteiger partial charge in [0.15, 0.2) is 23.0 Å². The van der Waals surface area contributed by atoms with E-state index in [9.17, 15) is 0 Å². The molecule has 9 nitrogen and oxygen atoms in total. The van der Waals surface area contributed by atoms with E-state index in [-0.39, 0.29) is 0 Å². The molecule has 0 amide bonds. The van der Waals surface area contributed by atoms with Gasteiger partial charge in [0, 0.05) is 29.7 Å². The summed E-state index contributed by atoms with van der Waals surface area (Å²) >= 11 is 0. The topological polar surface area (TPSA) is 141 Å². The predicted octanol–water partition coefficient (Wildman–Crippen LogP) is 2.01. The van der Waals surface area contributed by atoms with Crippen LogP contribution >= 0.6 is 0 Å². The van der Waals surface area contributed by atoms with Gasteiger partial charge in [-0.25, -0.2) is 0 Å². The first-order valence-corrected chi connectivity index (χ1v) is 9.86. The van der Waals surface area contributed by atoms with Crippen LogP contribution in [0.2, 0.25) is 0 Å². The predicted molar refractivity (Wildman–Crippen MR) is 109 cm³/mol. The summed E-state index contributed by atoms with van der Waals surface area (Å²) in [6.07, 6.45) is 6.22. The molecule has 29 heavy (non-hydrogen) atoms. The SMILES string of the molecule is NOc1cc2c(cc1ON)[N+]1(CCCCC2)CCCc2cc(ON)c(ON)cc21. The van der Waals surface area contributed by atoms with Gasteiger partial charge in [0.2, 0.25) is 0 Å². The Hall–Kier alpha value is -2.56. The molecule has 0 saturated carbocycles. The first kappa shape index (κ1) is 19.7. The van der Waals surface area contributed by atoms with Gasteiger partial charge < -0.3 is 19.4 Å². The third-order valence-electron chi connectivity index (χ3n) is 6.19. The van der Waals surface area contributed by atoms with Gasteiger partial charge in [-0.2, -0.15) is 23.6 Å². The van der Waals surface area contributed by atoms with Crippen LogP contribution in [0.15, 0.2) is 24.3 Å². The molecule has 0 radical (unpaired) electrons. The van der Waals surface area contributed by atoms with Crippen molar-refractivity contribution < 1.29 is 19.4 Å². The van der Waals surface area contributed by atoms with E-state index in [0.717, 1.165) is 63.0 Å². The molecule has 2 aliphatic heterocycles. The lowest BCUT2D eigenvalue weighted by Gasteiger charge is -2.43. The van der Waals surface area contributed by atoms with Crippen LogP contribution in [0.25, 0.3) is 0 Å². The molecule has 0 saturated heterocycles. The van der Waals surface area contributed by atoms with Crippen molar-refractivity contribution in [1.82, 2.24) is 4.48 Å². The summed E-state index contributed by atoms with van der Waals surface area (Å²) in [4.78, 5) is 20.1. The van der Waals surface area contributed by atoms with E-state index in [0.29, 0.717) is 27.5 Å². The van der Waals surface area contributed by atoms with Crippen molar-refractivity contribution in [2.24, 2.45) is 23.6 Å². The lowest BCUT2D eigenvalue weighted by Crippen LogP contribution is -2.49. The average Bonchev–Trinajstić information content (AvgIpc) is 2.76. The summed E-state index contributed by atoms with van der Waals surface area (Å²) in [6.45, 7) is 1.89. The Morgan fingerprint density at radius 1 is 0.552 bits per heavy atom. The van der Waals surface area contributed by atoms with Crippen LogP contribution in [0.3, 0.4) is 0 Å². The highest BCUT2D eigenvalue weighted by Crippen LogP contribution is 2.50. The highest BCUT2D eigenvalue weighted by Gasteiger charge is 2.42. The fraction of sp³-hybridized carbons (Fsp3) is 0.400. The zero-order chi connectivity index (χ0) is 20.4. The van der Waals surface area contributed by atoms with E-state index in [2.05, 4.69) is 0 Å². The summed E-state index contributed by atoms with van der Waals surface area (Å²) in [7, 11) is 0. The number of fused-ring (bicyclic) bond motifs is 4. The van der Waals surface area contributed by atoms with Crippen molar-refractivity contribution in [3.8, 4) is 23.0 Å². The maximum atomic E-state index is 5.52. The number of nitrogens with zero attached hydrogens (tertiary/aromatic N) is 1. The Bertz CT molecular complexity index is 907. The number of quaternary nitrogens is 1. The zero-order valence-corrected chi connectivity index (χ0v) is 16.4. The van der Waals surface area contributed by atoms with Crippen molar-refractivity contribution >= 4 is 11.4 Å². The average molecular weight is 402 g/mol. The highest BCUT2D eigenvalue weighted by molar-refractivity contribution is 5.72. The van der Waals surface area contributed by atoms with Crippen molar-refractivity contribution in [3.63, 3.8) is 0 Å². The summed E-state index contributed by atoms with van der Waals surface area (Å²) < 4.78 is 0.660. The molecule has 2 aromatic rings. The van der Waals surface area contributed by atoms with Crippen molar-refractivity contribution in [3.05, 3.63) is 35.4 Å². The summed E-state index contributed by atoms with van der Waals surface area (Å²) in [5, 5.41) is 0. The molecule has 2 heterocycles. The van der Waals surface area contributed by atoms with E-state index < -0.39 is 0 Å². The molecule has 0 aromatic heterocycles. The van der Waals surface area contributed by atoms with Crippen LogP contribution in [0.5, 0.6) is 23.0 Å². The van der Waals surface area contributed by atoms with Gasteiger partial charge in [-0.3, -0.25) is 4.48 Å². The number of hydrogen-bond donors (Lipinski definition) is 4. The lowest BCUT2D eigenvalue weighted by atomic mass is 9.91. The third-order valence-corrected chi connectivity index (χ3v) is 6.19. The van der Waals surface area contributed by atoms with Gasteiger partial charge in [0.05, 0.1) is 13.1 Å². The van der Waals surface area contributed by atoms with Gasteiger partial charge >= 0.3 is 0 Å². The molecule has 8 N–H and O–H groups in total. The maximum absolute atomic E-state index is 5.52. The molecule has 0 fully saturated rings. The quantitative estimate of drug-likeness (QED) is 0.449. The number of benzene rings is 2. The molecule has 0 bridgehead atoms. The van der Waals surface area contributed by atoms with E-state index in [1.807, 2.05) is 24.3 Å². The second-order valence-corrected chi connectivity index (χ2v) is 7.66. The van der Waals surface area contributed by atoms with E-state index in [1.54, 1.807) is 0 Å². The number of hydrogen-bond acceptors (Lipinski definition) is 8. The van der Waals surface area contributed by atoms with Gasteiger partial charge in [0.1, 0.15) is 11.4 Å². The molecule has 156 valence electrons. The highest BCUT2D eigenvalue weighted by atomic mass is 16.7. The lowest BCUT2D eigenvalue weighted by molar-refractivity contribution is 0.273. The van der Waals surface area contributed by atoms with Crippen molar-refractivity contribution in [2.75, 3.05) is 13.1 Å². The molecule has 4 rings (SSSR count). The van der Waals surface area contributed by atoms with Crippen molar-refractivity contribution in [1.29, 1.82) is 0 Å². The number of aryl methyl sites for hydroxylation is 2. The minimum absolute atomic E-state index is 0.409. The van der Waals surface area contributed by atoms with Crippen LogP contribution in [0.4, 0.5) is 11.4 Å². The molecule has 2 aliphatic rings. The molecule has 0 aliphatic carbocycles. The molecule has 2 aromatic carbocycles. The monoisotopic (exact) mass is 402 g/mol. The van der Waals surface area contributed by atoms with Crippen molar-refractivity contribution in [2.45, 2.75) is 38.5 Å². The Morgan fingerprint density at radius 2 is 1.00 bits per heavy atom. The second kappa shape index (κ2) is 8.05. The minimum Gasteiger partial charge on any atom is -0.407 e. The number of nitrogens with two attached hydrogens (primary N) is 4. The van der Waals surface area contributed by atoms with Crippen LogP contribution < -0.4 is 47.4 Å². The second-order valence-electron chi connectivity index (χ2n) is 7.66. The molecule has 1 unspecified atom stereocenters. The zero-order valence-electron chi connectivity index (χ0n) is 16.4. The molecule has 9 heteroatoms. The molecular formula is C20H28N5O4+. The smallest absolute Gasteiger partial charge is 0.197 e. The summed E-state index contributed by atoms with van der Waals surface area (Å²) in [5.74, 6) is 23.6. The van der Waals surface area contributed by atoms with Crippen LogP contribution in [0, 0.1) is 0 Å². The Labute approximate surface area is 169 Å². The van der Waals surface area contributed by atoms with E-state index in [4.69, 9.17) is 42.9 Å². The van der Waals surface area contributed by atoms with Gasteiger partial charge in [-0.1, -0.05) is 0 Å². The van der Waals surface area contributed by atoms with Gasteiger partial charge in [-0.15, -0.1) is 0 Å². The minimum atomic E-state index is 0.409. The van der Waals surface area contributed by atoms with Crippen LogP contribution in [-0.2, 0) is 12.8 Å². The van der Waals surface area contributed by atoms with E-state index in [1.165, 1.54) is 11.1 Å².